The number of nitrogens with one attached hydrogen (secondary N) is 2. The van der Waals surface area contributed by atoms with Crippen LogP contribution in [0.5, 0.6) is 0 Å². The second kappa shape index (κ2) is 12.9. The molecule has 1 atom stereocenters. The Morgan fingerprint density at radius 3 is 2.18 bits per heavy atom. The summed E-state index contributed by atoms with van der Waals surface area (Å²) in [5.41, 5.74) is 3.66. The molecule has 0 unspecified atom stereocenters. The monoisotopic (exact) mass is 571 g/mol. The summed E-state index contributed by atoms with van der Waals surface area (Å²) >= 11 is 12.0. The standard InChI is InChI=1S/C27H23Cl2N3O4S.CH4/c28-22-7-4-8-23(29)26(22)37(35,36)32-24(27(33)34)16-18-10-12-20(13-11-18)21-6-3-5-19(15-21)17-31-25-9-1-2-14-30-25;/h1-15,24,32H,16-17H2,(H,30,31)(H,33,34);1H4/t24-;/m0./s1. The third-order valence-electron chi connectivity index (χ3n) is 5.58. The molecule has 1 heterocycles. The number of anilines is 1. The Morgan fingerprint density at radius 1 is 0.868 bits per heavy atom. The van der Waals surface area contributed by atoms with Crippen molar-refractivity contribution in [1.29, 1.82) is 0 Å². The van der Waals surface area contributed by atoms with Crippen molar-refractivity contribution in [2.45, 2.75) is 31.3 Å². The van der Waals surface area contributed by atoms with E-state index in [2.05, 4.69) is 21.1 Å². The SMILES string of the molecule is C.O=C(O)[C@H](Cc1ccc(-c2cccc(CNc3ccccn3)c2)cc1)NS(=O)(=O)c1c(Cl)cccc1Cl. The Bertz CT molecular complexity index is 1480. The summed E-state index contributed by atoms with van der Waals surface area (Å²) in [6.45, 7) is 0.610. The predicted octanol–water partition coefficient (Wildman–Crippen LogP) is 6.28. The van der Waals surface area contributed by atoms with E-state index in [-0.39, 0.29) is 28.8 Å². The van der Waals surface area contributed by atoms with E-state index in [1.54, 1.807) is 18.3 Å². The fourth-order valence-corrected chi connectivity index (χ4v) is 6.09. The lowest BCUT2D eigenvalue weighted by Gasteiger charge is -2.16. The Hall–Kier alpha value is -3.43. The number of hydrogen-bond acceptors (Lipinski definition) is 5. The van der Waals surface area contributed by atoms with Crippen molar-refractivity contribution in [3.63, 3.8) is 0 Å². The van der Waals surface area contributed by atoms with Crippen LogP contribution in [0.2, 0.25) is 10.0 Å². The van der Waals surface area contributed by atoms with E-state index in [9.17, 15) is 18.3 Å². The molecule has 0 radical (unpaired) electrons. The van der Waals surface area contributed by atoms with Gasteiger partial charge in [0.1, 0.15) is 16.8 Å². The molecule has 0 bridgehead atoms. The largest absolute Gasteiger partial charge is 0.480 e. The van der Waals surface area contributed by atoms with E-state index in [0.717, 1.165) is 22.5 Å². The number of benzene rings is 3. The first-order valence-electron chi connectivity index (χ1n) is 11.3. The predicted molar refractivity (Wildman–Crippen MR) is 152 cm³/mol. The fourth-order valence-electron chi connectivity index (χ4n) is 3.75. The zero-order valence-electron chi connectivity index (χ0n) is 19.4. The highest BCUT2D eigenvalue weighted by atomic mass is 35.5. The molecule has 3 aromatic carbocycles. The number of nitrogens with zero attached hydrogens (tertiary/aromatic N) is 1. The van der Waals surface area contributed by atoms with Crippen molar-refractivity contribution < 1.29 is 18.3 Å². The van der Waals surface area contributed by atoms with Crippen LogP contribution in [0.15, 0.2) is 96.0 Å². The van der Waals surface area contributed by atoms with Crippen LogP contribution in [0.3, 0.4) is 0 Å². The minimum Gasteiger partial charge on any atom is -0.480 e. The molecule has 0 amide bonds. The van der Waals surface area contributed by atoms with Gasteiger partial charge in [-0.15, -0.1) is 0 Å². The summed E-state index contributed by atoms with van der Waals surface area (Å²) in [7, 11) is -4.27. The first-order valence-corrected chi connectivity index (χ1v) is 13.5. The minimum atomic E-state index is -4.27. The molecule has 0 spiro atoms. The van der Waals surface area contributed by atoms with Gasteiger partial charge in [-0.3, -0.25) is 4.79 Å². The number of rotatable bonds is 10. The van der Waals surface area contributed by atoms with Crippen molar-refractivity contribution in [2.75, 3.05) is 5.32 Å². The molecule has 1 aromatic heterocycles. The van der Waals surface area contributed by atoms with Gasteiger partial charge in [-0.25, -0.2) is 13.4 Å². The Labute approximate surface area is 232 Å². The quantitative estimate of drug-likeness (QED) is 0.207. The maximum atomic E-state index is 12.8. The number of aliphatic carboxylic acids is 1. The minimum absolute atomic E-state index is 0. The van der Waals surface area contributed by atoms with Gasteiger partial charge in [0, 0.05) is 12.7 Å². The third kappa shape index (κ3) is 7.33. The molecule has 198 valence electrons. The summed E-state index contributed by atoms with van der Waals surface area (Å²) < 4.78 is 27.9. The van der Waals surface area contributed by atoms with Crippen molar-refractivity contribution in [2.24, 2.45) is 0 Å². The number of pyridine rings is 1. The second-order valence-electron chi connectivity index (χ2n) is 8.23. The van der Waals surface area contributed by atoms with Gasteiger partial charge >= 0.3 is 5.97 Å². The van der Waals surface area contributed by atoms with Crippen molar-refractivity contribution in [3.05, 3.63) is 112 Å². The third-order valence-corrected chi connectivity index (χ3v) is 8.00. The van der Waals surface area contributed by atoms with Crippen LogP contribution in [0.25, 0.3) is 11.1 Å². The van der Waals surface area contributed by atoms with Crippen molar-refractivity contribution >= 4 is 45.0 Å². The van der Waals surface area contributed by atoms with Crippen molar-refractivity contribution in [1.82, 2.24) is 9.71 Å². The fraction of sp³-hybridized carbons (Fsp3) is 0.143. The van der Waals surface area contributed by atoms with E-state index in [0.29, 0.717) is 12.1 Å². The van der Waals surface area contributed by atoms with Crippen LogP contribution in [0.4, 0.5) is 5.82 Å². The summed E-state index contributed by atoms with van der Waals surface area (Å²) in [6, 6.07) is 23.9. The van der Waals surface area contributed by atoms with Crippen LogP contribution >= 0.6 is 23.2 Å². The number of carboxylic acid groups (broad SMARTS) is 1. The van der Waals surface area contributed by atoms with Gasteiger partial charge in [-0.2, -0.15) is 4.72 Å². The maximum absolute atomic E-state index is 12.8. The molecule has 0 aliphatic carbocycles. The number of sulfonamides is 1. The Balaban J connectivity index is 0.00000400. The molecule has 3 N–H and O–H groups in total. The molecule has 38 heavy (non-hydrogen) atoms. The van der Waals surface area contributed by atoms with Crippen LogP contribution in [0.1, 0.15) is 18.6 Å². The highest BCUT2D eigenvalue weighted by Crippen LogP contribution is 2.29. The molecule has 7 nitrogen and oxygen atoms in total. The molecule has 4 aromatic rings. The van der Waals surface area contributed by atoms with Gasteiger partial charge in [0.25, 0.3) is 0 Å². The lowest BCUT2D eigenvalue weighted by atomic mass is 9.99. The van der Waals surface area contributed by atoms with Crippen molar-refractivity contribution in [3.8, 4) is 11.1 Å². The van der Waals surface area contributed by atoms with Gasteiger partial charge in [0.15, 0.2) is 0 Å². The average Bonchev–Trinajstić information content (AvgIpc) is 2.88. The molecular weight excluding hydrogens is 545 g/mol. The van der Waals surface area contributed by atoms with E-state index >= 15 is 0 Å². The molecule has 0 aliphatic rings. The number of halogens is 2. The summed E-state index contributed by atoms with van der Waals surface area (Å²) in [4.78, 5) is 15.8. The first kappa shape index (κ1) is 29.1. The first-order chi connectivity index (χ1) is 17.7. The molecule has 10 heteroatoms. The summed E-state index contributed by atoms with van der Waals surface area (Å²) in [5, 5.41) is 12.8. The number of aromatic nitrogens is 1. The van der Waals surface area contributed by atoms with E-state index < -0.39 is 22.0 Å². The summed E-state index contributed by atoms with van der Waals surface area (Å²) in [5.74, 6) is -0.526. The normalized spacial score (nSPS) is 11.8. The van der Waals surface area contributed by atoms with Gasteiger partial charge in [-0.05, 0) is 59.0 Å². The smallest absolute Gasteiger partial charge is 0.322 e. The van der Waals surface area contributed by atoms with Gasteiger partial charge < -0.3 is 10.4 Å². The summed E-state index contributed by atoms with van der Waals surface area (Å²) in [6.07, 6.45) is 1.66. The number of carbonyl (C=O) groups is 1. The van der Waals surface area contributed by atoms with E-state index in [1.807, 2.05) is 48.5 Å². The lowest BCUT2D eigenvalue weighted by molar-refractivity contribution is -0.138. The second-order valence-corrected chi connectivity index (χ2v) is 10.7. The van der Waals surface area contributed by atoms with Crippen LogP contribution in [-0.4, -0.2) is 30.5 Å². The van der Waals surface area contributed by atoms with Crippen LogP contribution in [-0.2, 0) is 27.8 Å². The van der Waals surface area contributed by atoms with Gasteiger partial charge in [0.2, 0.25) is 10.0 Å². The highest BCUT2D eigenvalue weighted by molar-refractivity contribution is 7.89. The molecule has 0 aliphatic heterocycles. The average molecular weight is 573 g/mol. The molecular formula is C28H27Cl2N3O4S. The van der Waals surface area contributed by atoms with E-state index in [4.69, 9.17) is 23.2 Å². The lowest BCUT2D eigenvalue weighted by Crippen LogP contribution is -2.42. The molecule has 0 saturated heterocycles. The Kier molecular flexibility index (Phi) is 9.88. The van der Waals surface area contributed by atoms with Gasteiger partial charge in [0.05, 0.1) is 10.0 Å². The molecule has 4 rings (SSSR count). The Morgan fingerprint density at radius 2 is 1.55 bits per heavy atom. The highest BCUT2D eigenvalue weighted by Gasteiger charge is 2.29. The van der Waals surface area contributed by atoms with E-state index in [1.165, 1.54) is 18.2 Å². The molecule has 0 fully saturated rings. The zero-order valence-corrected chi connectivity index (χ0v) is 21.8. The number of hydrogen-bond donors (Lipinski definition) is 3. The van der Waals surface area contributed by atoms with Gasteiger partial charge in [-0.1, -0.05) is 85.2 Å². The van der Waals surface area contributed by atoms with Crippen LogP contribution in [0, 0.1) is 0 Å². The zero-order chi connectivity index (χ0) is 26.4. The topological polar surface area (TPSA) is 108 Å². The molecule has 0 saturated carbocycles. The maximum Gasteiger partial charge on any atom is 0.322 e. The number of carboxylic acids is 1. The van der Waals surface area contributed by atoms with Crippen LogP contribution < -0.4 is 10.0 Å².